The lowest BCUT2D eigenvalue weighted by molar-refractivity contribution is -0.126. The molecule has 200 valence electrons. The standard InChI is InChI=1S/C32H26N2O6/c1-2-38-25-19-15-23(16-20-25)33-30(35)27-28(34(40-29(27)31(33)36)24-11-7-4-8-12-24)21-13-17-26(18-14-21)39-32(37)22-9-5-3-6-10-22/h3-20,27-29H,2H2,1H3/t27-,28-,29-/m1/s1. The normalized spacial score (nSPS) is 20.0. The average Bonchev–Trinajstić information content (AvgIpc) is 3.50. The molecule has 3 atom stereocenters. The SMILES string of the molecule is CCOc1ccc(N2C(=O)[C@@H]3[C@@H](c4ccc(OC(=O)c5ccccc5)cc4)N(c4ccccc4)O[C@H]3C2=O)cc1. The highest BCUT2D eigenvalue weighted by atomic mass is 16.7. The Kier molecular flexibility index (Phi) is 6.76. The zero-order chi connectivity index (χ0) is 27.6. The fourth-order valence-corrected chi connectivity index (χ4v) is 5.14. The third-order valence-electron chi connectivity index (χ3n) is 6.97. The van der Waals surface area contributed by atoms with Crippen molar-refractivity contribution in [1.29, 1.82) is 0 Å². The van der Waals surface area contributed by atoms with Gasteiger partial charge >= 0.3 is 5.97 Å². The number of anilines is 2. The van der Waals surface area contributed by atoms with E-state index in [4.69, 9.17) is 14.3 Å². The Balaban J connectivity index is 1.30. The van der Waals surface area contributed by atoms with E-state index in [1.807, 2.05) is 43.3 Å². The molecule has 8 heteroatoms. The van der Waals surface area contributed by atoms with Crippen LogP contribution in [-0.4, -0.2) is 30.5 Å². The van der Waals surface area contributed by atoms with Gasteiger partial charge in [0.2, 0.25) is 5.91 Å². The van der Waals surface area contributed by atoms with Gasteiger partial charge in [-0.1, -0.05) is 48.5 Å². The Morgan fingerprint density at radius 2 is 1.38 bits per heavy atom. The van der Waals surface area contributed by atoms with E-state index in [1.165, 1.54) is 4.90 Å². The van der Waals surface area contributed by atoms with E-state index in [9.17, 15) is 14.4 Å². The summed E-state index contributed by atoms with van der Waals surface area (Å²) in [6, 6.07) is 31.3. The van der Waals surface area contributed by atoms with E-state index in [1.54, 1.807) is 77.9 Å². The summed E-state index contributed by atoms with van der Waals surface area (Å²) in [6.07, 6.45) is -0.986. The van der Waals surface area contributed by atoms with E-state index in [2.05, 4.69) is 0 Å². The van der Waals surface area contributed by atoms with Crippen LogP contribution in [0.4, 0.5) is 11.4 Å². The van der Waals surface area contributed by atoms with Crippen molar-refractivity contribution in [3.8, 4) is 11.5 Å². The minimum Gasteiger partial charge on any atom is -0.494 e. The first-order chi connectivity index (χ1) is 19.5. The van der Waals surface area contributed by atoms with Crippen molar-refractivity contribution >= 4 is 29.2 Å². The molecular weight excluding hydrogens is 508 g/mol. The first kappa shape index (κ1) is 25.3. The van der Waals surface area contributed by atoms with E-state index < -0.39 is 29.9 Å². The highest BCUT2D eigenvalue weighted by Gasteiger charge is 2.60. The van der Waals surface area contributed by atoms with Crippen LogP contribution in [-0.2, 0) is 14.4 Å². The quantitative estimate of drug-likeness (QED) is 0.179. The number of para-hydroxylation sites is 1. The molecule has 0 aliphatic carbocycles. The number of nitrogens with zero attached hydrogens (tertiary/aromatic N) is 2. The third-order valence-corrected chi connectivity index (χ3v) is 6.97. The van der Waals surface area contributed by atoms with Gasteiger partial charge in [-0.3, -0.25) is 14.4 Å². The zero-order valence-corrected chi connectivity index (χ0v) is 21.7. The highest BCUT2D eigenvalue weighted by molar-refractivity contribution is 6.24. The molecule has 2 amide bonds. The smallest absolute Gasteiger partial charge is 0.343 e. The fraction of sp³-hybridized carbons (Fsp3) is 0.156. The maximum Gasteiger partial charge on any atom is 0.343 e. The van der Waals surface area contributed by atoms with Crippen molar-refractivity contribution in [2.45, 2.75) is 19.1 Å². The molecule has 4 aromatic rings. The number of carbonyl (C=O) groups is 3. The van der Waals surface area contributed by atoms with Crippen molar-refractivity contribution in [3.63, 3.8) is 0 Å². The number of fused-ring (bicyclic) bond motifs is 1. The van der Waals surface area contributed by atoms with Crippen LogP contribution in [0, 0.1) is 5.92 Å². The molecule has 2 aliphatic heterocycles. The average molecular weight is 535 g/mol. The van der Waals surface area contributed by atoms with Gasteiger partial charge in [0.15, 0.2) is 6.10 Å². The molecule has 0 saturated carbocycles. The monoisotopic (exact) mass is 534 g/mol. The Morgan fingerprint density at radius 3 is 2.02 bits per heavy atom. The number of hydrogen-bond donors (Lipinski definition) is 0. The van der Waals surface area contributed by atoms with Crippen molar-refractivity contribution in [2.24, 2.45) is 5.92 Å². The Hall–Kier alpha value is -4.95. The molecule has 0 aromatic heterocycles. The third kappa shape index (κ3) is 4.58. The number of imide groups is 1. The van der Waals surface area contributed by atoms with Gasteiger partial charge in [0.25, 0.3) is 5.91 Å². The molecule has 0 radical (unpaired) electrons. The second-order valence-electron chi connectivity index (χ2n) is 9.42. The van der Waals surface area contributed by atoms with Crippen LogP contribution in [0.25, 0.3) is 0 Å². The predicted molar refractivity (Wildman–Crippen MR) is 148 cm³/mol. The van der Waals surface area contributed by atoms with Crippen LogP contribution in [0.1, 0.15) is 28.9 Å². The van der Waals surface area contributed by atoms with Gasteiger partial charge in [-0.15, -0.1) is 0 Å². The van der Waals surface area contributed by atoms with Crippen molar-refractivity contribution in [1.82, 2.24) is 0 Å². The predicted octanol–water partition coefficient (Wildman–Crippen LogP) is 5.36. The molecule has 0 N–H and O–H groups in total. The van der Waals surface area contributed by atoms with E-state index in [0.29, 0.717) is 29.4 Å². The Morgan fingerprint density at radius 1 is 0.750 bits per heavy atom. The van der Waals surface area contributed by atoms with Crippen LogP contribution in [0.5, 0.6) is 11.5 Å². The largest absolute Gasteiger partial charge is 0.494 e. The maximum atomic E-state index is 13.8. The fourth-order valence-electron chi connectivity index (χ4n) is 5.14. The summed E-state index contributed by atoms with van der Waals surface area (Å²) in [5.41, 5.74) is 2.36. The summed E-state index contributed by atoms with van der Waals surface area (Å²) in [5.74, 6) is -0.992. The molecule has 8 nitrogen and oxygen atoms in total. The van der Waals surface area contributed by atoms with Gasteiger partial charge in [-0.2, -0.15) is 0 Å². The molecule has 2 fully saturated rings. The van der Waals surface area contributed by atoms with Crippen molar-refractivity contribution in [3.05, 3.63) is 120 Å². The summed E-state index contributed by atoms with van der Waals surface area (Å²) >= 11 is 0. The molecule has 2 saturated heterocycles. The number of benzene rings is 4. The molecule has 0 spiro atoms. The van der Waals surface area contributed by atoms with Gasteiger partial charge in [-0.05, 0) is 73.2 Å². The summed E-state index contributed by atoms with van der Waals surface area (Å²) in [7, 11) is 0. The molecule has 0 unspecified atom stereocenters. The van der Waals surface area contributed by atoms with Crippen LogP contribution < -0.4 is 19.4 Å². The number of hydroxylamine groups is 1. The molecule has 40 heavy (non-hydrogen) atoms. The zero-order valence-electron chi connectivity index (χ0n) is 21.7. The number of amides is 2. The Labute approximate surface area is 231 Å². The van der Waals surface area contributed by atoms with Gasteiger partial charge in [-0.25, -0.2) is 14.8 Å². The van der Waals surface area contributed by atoms with Crippen LogP contribution >= 0.6 is 0 Å². The number of carbonyl (C=O) groups excluding carboxylic acids is 3. The molecular formula is C32H26N2O6. The van der Waals surface area contributed by atoms with Crippen molar-refractivity contribution < 1.29 is 28.7 Å². The maximum absolute atomic E-state index is 13.8. The van der Waals surface area contributed by atoms with Crippen LogP contribution in [0.15, 0.2) is 109 Å². The Bertz CT molecular complexity index is 1520. The molecule has 0 bridgehead atoms. The van der Waals surface area contributed by atoms with E-state index in [0.717, 1.165) is 11.3 Å². The number of hydrogen-bond acceptors (Lipinski definition) is 7. The molecule has 2 heterocycles. The lowest BCUT2D eigenvalue weighted by atomic mass is 9.90. The summed E-state index contributed by atoms with van der Waals surface area (Å²) < 4.78 is 11.0. The molecule has 6 rings (SSSR count). The second kappa shape index (κ2) is 10.7. The van der Waals surface area contributed by atoms with Crippen molar-refractivity contribution in [2.75, 3.05) is 16.6 Å². The lowest BCUT2D eigenvalue weighted by Gasteiger charge is -2.28. The summed E-state index contributed by atoms with van der Waals surface area (Å²) in [6.45, 7) is 2.40. The first-order valence-corrected chi connectivity index (χ1v) is 13.0. The highest BCUT2D eigenvalue weighted by Crippen LogP contribution is 2.47. The van der Waals surface area contributed by atoms with Gasteiger partial charge < -0.3 is 9.47 Å². The summed E-state index contributed by atoms with van der Waals surface area (Å²) in [4.78, 5) is 47.3. The molecule has 2 aliphatic rings. The topological polar surface area (TPSA) is 85.4 Å². The van der Waals surface area contributed by atoms with Gasteiger partial charge in [0.05, 0.1) is 29.6 Å². The van der Waals surface area contributed by atoms with Crippen LogP contribution in [0.2, 0.25) is 0 Å². The van der Waals surface area contributed by atoms with E-state index in [-0.39, 0.29) is 5.91 Å². The van der Waals surface area contributed by atoms with E-state index >= 15 is 0 Å². The second-order valence-corrected chi connectivity index (χ2v) is 9.42. The number of rotatable bonds is 7. The number of ether oxygens (including phenoxy) is 2. The number of esters is 1. The molecule has 4 aromatic carbocycles. The van der Waals surface area contributed by atoms with Gasteiger partial charge in [0.1, 0.15) is 17.4 Å². The van der Waals surface area contributed by atoms with Gasteiger partial charge in [0, 0.05) is 0 Å². The summed E-state index contributed by atoms with van der Waals surface area (Å²) in [5, 5.41) is 1.63. The lowest BCUT2D eigenvalue weighted by Crippen LogP contribution is -2.37. The first-order valence-electron chi connectivity index (χ1n) is 13.0. The van der Waals surface area contributed by atoms with Crippen LogP contribution in [0.3, 0.4) is 0 Å². The minimum absolute atomic E-state index is 0.345. The minimum atomic E-state index is -0.986.